The van der Waals surface area contributed by atoms with Crippen LogP contribution in [0, 0.1) is 11.8 Å². The molecule has 0 heterocycles. The standard InChI is InChI=1S/C11H10O4/c1-15-10-5-4-9(11(13)14)7-8(10)3-2-6-12/h4-5,7,12H,6H2,1H3,(H,13,14). The second-order valence-corrected chi connectivity index (χ2v) is 2.68. The first-order valence-corrected chi connectivity index (χ1v) is 4.20. The van der Waals surface area contributed by atoms with Crippen molar-refractivity contribution in [3.05, 3.63) is 29.3 Å². The number of benzene rings is 1. The largest absolute Gasteiger partial charge is 0.495 e. The van der Waals surface area contributed by atoms with E-state index in [1.54, 1.807) is 0 Å². The summed E-state index contributed by atoms with van der Waals surface area (Å²) in [6.07, 6.45) is 0. The van der Waals surface area contributed by atoms with E-state index >= 15 is 0 Å². The molecule has 1 aromatic rings. The molecule has 0 aromatic heterocycles. The topological polar surface area (TPSA) is 66.8 Å². The van der Waals surface area contributed by atoms with E-state index in [1.807, 2.05) is 0 Å². The Morgan fingerprint density at radius 3 is 2.80 bits per heavy atom. The summed E-state index contributed by atoms with van der Waals surface area (Å²) in [6.45, 7) is -0.277. The molecule has 0 spiro atoms. The molecular weight excluding hydrogens is 196 g/mol. The number of aliphatic hydroxyl groups is 1. The van der Waals surface area contributed by atoms with Gasteiger partial charge in [0.1, 0.15) is 12.4 Å². The molecule has 0 bridgehead atoms. The molecule has 0 radical (unpaired) electrons. The third kappa shape index (κ3) is 2.73. The molecule has 2 N–H and O–H groups in total. The maximum Gasteiger partial charge on any atom is 0.335 e. The molecule has 78 valence electrons. The van der Waals surface area contributed by atoms with E-state index in [4.69, 9.17) is 14.9 Å². The van der Waals surface area contributed by atoms with E-state index < -0.39 is 5.97 Å². The molecule has 4 nitrogen and oxygen atoms in total. The van der Waals surface area contributed by atoms with E-state index in [1.165, 1.54) is 25.3 Å². The normalized spacial score (nSPS) is 8.93. The zero-order valence-electron chi connectivity index (χ0n) is 8.15. The molecule has 0 aliphatic carbocycles. The number of carbonyl (C=O) groups is 1. The zero-order chi connectivity index (χ0) is 11.3. The highest BCUT2D eigenvalue weighted by atomic mass is 16.5. The molecule has 0 fully saturated rings. The Labute approximate surface area is 87.1 Å². The van der Waals surface area contributed by atoms with Crippen LogP contribution in [-0.2, 0) is 0 Å². The Hall–Kier alpha value is -1.99. The molecule has 0 amide bonds. The van der Waals surface area contributed by atoms with Crippen molar-refractivity contribution in [1.82, 2.24) is 0 Å². The van der Waals surface area contributed by atoms with Gasteiger partial charge in [0.15, 0.2) is 0 Å². The van der Waals surface area contributed by atoms with E-state index in [0.717, 1.165) is 0 Å². The fourth-order valence-corrected chi connectivity index (χ4v) is 1.07. The van der Waals surface area contributed by atoms with Crippen molar-refractivity contribution >= 4 is 5.97 Å². The minimum Gasteiger partial charge on any atom is -0.495 e. The summed E-state index contributed by atoms with van der Waals surface area (Å²) in [5.74, 6) is 4.52. The number of aliphatic hydroxyl groups excluding tert-OH is 1. The fourth-order valence-electron chi connectivity index (χ4n) is 1.07. The van der Waals surface area contributed by atoms with Crippen LogP contribution in [-0.4, -0.2) is 29.9 Å². The van der Waals surface area contributed by atoms with Gasteiger partial charge < -0.3 is 14.9 Å². The number of methoxy groups -OCH3 is 1. The molecule has 4 heteroatoms. The van der Waals surface area contributed by atoms with E-state index in [9.17, 15) is 4.79 Å². The number of carboxylic acids is 1. The Morgan fingerprint density at radius 1 is 1.53 bits per heavy atom. The lowest BCUT2D eigenvalue weighted by Crippen LogP contribution is -1.98. The van der Waals surface area contributed by atoms with Crippen molar-refractivity contribution in [2.24, 2.45) is 0 Å². The lowest BCUT2D eigenvalue weighted by molar-refractivity contribution is 0.0697. The maximum atomic E-state index is 10.7. The van der Waals surface area contributed by atoms with Crippen LogP contribution in [0.25, 0.3) is 0 Å². The number of ether oxygens (including phenoxy) is 1. The first-order chi connectivity index (χ1) is 7.19. The van der Waals surface area contributed by atoms with Gasteiger partial charge in [-0.1, -0.05) is 11.8 Å². The number of hydrogen-bond donors (Lipinski definition) is 2. The molecule has 0 saturated heterocycles. The molecule has 0 aliphatic heterocycles. The molecule has 0 atom stereocenters. The predicted octanol–water partition coefficient (Wildman–Crippen LogP) is 0.737. The van der Waals surface area contributed by atoms with Gasteiger partial charge in [-0.3, -0.25) is 0 Å². The lowest BCUT2D eigenvalue weighted by Gasteiger charge is -2.03. The summed E-state index contributed by atoms with van der Waals surface area (Å²) in [5.41, 5.74) is 0.587. The summed E-state index contributed by atoms with van der Waals surface area (Å²) in [4.78, 5) is 10.7. The van der Waals surface area contributed by atoms with Crippen LogP contribution in [0.2, 0.25) is 0 Å². The van der Waals surface area contributed by atoms with Crippen molar-refractivity contribution in [3.63, 3.8) is 0 Å². The average molecular weight is 206 g/mol. The first-order valence-electron chi connectivity index (χ1n) is 4.20. The van der Waals surface area contributed by atoms with E-state index in [2.05, 4.69) is 11.8 Å². The second kappa shape index (κ2) is 5.03. The Bertz CT molecular complexity index is 426. The van der Waals surface area contributed by atoms with Crippen LogP contribution in [0.3, 0.4) is 0 Å². The van der Waals surface area contributed by atoms with Crippen LogP contribution < -0.4 is 4.74 Å². The zero-order valence-corrected chi connectivity index (χ0v) is 8.15. The van der Waals surface area contributed by atoms with Crippen LogP contribution in [0.1, 0.15) is 15.9 Å². The third-order valence-corrected chi connectivity index (χ3v) is 1.75. The molecular formula is C11H10O4. The molecule has 1 rings (SSSR count). The minimum atomic E-state index is -1.02. The van der Waals surface area contributed by atoms with Crippen molar-refractivity contribution in [3.8, 4) is 17.6 Å². The average Bonchev–Trinajstić information content (AvgIpc) is 2.25. The second-order valence-electron chi connectivity index (χ2n) is 2.68. The summed E-state index contributed by atoms with van der Waals surface area (Å²) < 4.78 is 5.00. The minimum absolute atomic E-state index is 0.137. The van der Waals surface area contributed by atoms with Crippen molar-refractivity contribution in [1.29, 1.82) is 0 Å². The quantitative estimate of drug-likeness (QED) is 0.700. The molecule has 0 unspecified atom stereocenters. The van der Waals surface area contributed by atoms with Crippen LogP contribution >= 0.6 is 0 Å². The molecule has 15 heavy (non-hydrogen) atoms. The number of rotatable bonds is 2. The number of aromatic carboxylic acids is 1. The van der Waals surface area contributed by atoms with Gasteiger partial charge in [-0.15, -0.1) is 0 Å². The van der Waals surface area contributed by atoms with Crippen LogP contribution in [0.5, 0.6) is 5.75 Å². The predicted molar refractivity (Wildman–Crippen MR) is 53.9 cm³/mol. The van der Waals surface area contributed by atoms with Gasteiger partial charge >= 0.3 is 5.97 Å². The van der Waals surface area contributed by atoms with E-state index in [-0.39, 0.29) is 12.2 Å². The van der Waals surface area contributed by atoms with Gasteiger partial charge in [-0.25, -0.2) is 4.79 Å². The highest BCUT2D eigenvalue weighted by molar-refractivity contribution is 5.88. The van der Waals surface area contributed by atoms with Gasteiger partial charge in [0.05, 0.1) is 18.2 Å². The monoisotopic (exact) mass is 206 g/mol. The number of carboxylic acid groups (broad SMARTS) is 1. The molecule has 0 saturated carbocycles. The summed E-state index contributed by atoms with van der Waals surface area (Å²) in [7, 11) is 1.47. The fraction of sp³-hybridized carbons (Fsp3) is 0.182. The van der Waals surface area contributed by atoms with Gasteiger partial charge in [0, 0.05) is 0 Å². The number of hydrogen-bond acceptors (Lipinski definition) is 3. The highest BCUT2D eigenvalue weighted by Crippen LogP contribution is 2.18. The summed E-state index contributed by atoms with van der Waals surface area (Å²) in [5, 5.41) is 17.3. The van der Waals surface area contributed by atoms with Crippen molar-refractivity contribution in [2.75, 3.05) is 13.7 Å². The van der Waals surface area contributed by atoms with Crippen LogP contribution in [0.4, 0.5) is 0 Å². The Balaban J connectivity index is 3.19. The smallest absolute Gasteiger partial charge is 0.335 e. The van der Waals surface area contributed by atoms with Gasteiger partial charge in [0.25, 0.3) is 0 Å². The van der Waals surface area contributed by atoms with Gasteiger partial charge in [-0.2, -0.15) is 0 Å². The Morgan fingerprint density at radius 2 is 2.27 bits per heavy atom. The summed E-state index contributed by atoms with van der Waals surface area (Å²) in [6, 6.07) is 4.37. The molecule has 0 aliphatic rings. The highest BCUT2D eigenvalue weighted by Gasteiger charge is 2.06. The van der Waals surface area contributed by atoms with Crippen LogP contribution in [0.15, 0.2) is 18.2 Å². The Kier molecular flexibility index (Phi) is 3.72. The molecule has 1 aromatic carbocycles. The first kappa shape index (κ1) is 11.1. The van der Waals surface area contributed by atoms with Crippen molar-refractivity contribution < 1.29 is 19.7 Å². The van der Waals surface area contributed by atoms with Gasteiger partial charge in [0.2, 0.25) is 0 Å². The van der Waals surface area contributed by atoms with Gasteiger partial charge in [-0.05, 0) is 18.2 Å². The van der Waals surface area contributed by atoms with Crippen molar-refractivity contribution in [2.45, 2.75) is 0 Å². The SMILES string of the molecule is COc1ccc(C(=O)O)cc1C#CCO. The lowest BCUT2D eigenvalue weighted by atomic mass is 10.1. The van der Waals surface area contributed by atoms with E-state index in [0.29, 0.717) is 11.3 Å². The maximum absolute atomic E-state index is 10.7. The summed E-state index contributed by atoms with van der Waals surface area (Å²) >= 11 is 0. The third-order valence-electron chi connectivity index (χ3n) is 1.75.